The second-order valence-electron chi connectivity index (χ2n) is 4.10. The summed E-state index contributed by atoms with van der Waals surface area (Å²) in [5, 5.41) is 16.3. The van der Waals surface area contributed by atoms with Crippen molar-refractivity contribution < 1.29 is 14.7 Å². The number of likely N-dealkylation sites (N-methyl/N-ethyl adjacent to an activating group) is 1. The van der Waals surface area contributed by atoms with Crippen LogP contribution in [0.2, 0.25) is 0 Å². The van der Waals surface area contributed by atoms with E-state index < -0.39 is 12.0 Å². The highest BCUT2D eigenvalue weighted by Crippen LogP contribution is 2.15. The molecule has 1 heterocycles. The van der Waals surface area contributed by atoms with E-state index in [1.54, 1.807) is 24.4 Å². The van der Waals surface area contributed by atoms with E-state index in [0.29, 0.717) is 5.56 Å². The van der Waals surface area contributed by atoms with Crippen molar-refractivity contribution in [1.82, 2.24) is 15.1 Å². The van der Waals surface area contributed by atoms with Crippen LogP contribution in [-0.2, 0) is 4.79 Å². The zero-order valence-electron chi connectivity index (χ0n) is 10.0. The number of aromatic amines is 1. The normalized spacial score (nSPS) is 12.3. The molecule has 2 aromatic rings. The number of H-pyrrole nitrogens is 1. The third-order valence-electron chi connectivity index (χ3n) is 2.95. The monoisotopic (exact) mass is 247 g/mol. The lowest BCUT2D eigenvalue weighted by atomic mass is 10.1. The number of hydrogen-bond donors (Lipinski definition) is 2. The highest BCUT2D eigenvalue weighted by molar-refractivity contribution is 5.99. The maximum atomic E-state index is 12.1. The lowest BCUT2D eigenvalue weighted by Crippen LogP contribution is -2.40. The summed E-state index contributed by atoms with van der Waals surface area (Å²) in [5.41, 5.74) is 1.28. The van der Waals surface area contributed by atoms with Gasteiger partial charge >= 0.3 is 5.97 Å². The Morgan fingerprint density at radius 2 is 2.17 bits per heavy atom. The van der Waals surface area contributed by atoms with Crippen LogP contribution in [0.15, 0.2) is 24.4 Å². The highest BCUT2D eigenvalue weighted by Gasteiger charge is 2.22. The minimum Gasteiger partial charge on any atom is -0.480 e. The topological polar surface area (TPSA) is 86.3 Å². The summed E-state index contributed by atoms with van der Waals surface area (Å²) in [6, 6.07) is 4.21. The van der Waals surface area contributed by atoms with Crippen LogP contribution in [0.1, 0.15) is 17.3 Å². The predicted molar refractivity (Wildman–Crippen MR) is 65.3 cm³/mol. The van der Waals surface area contributed by atoms with Crippen molar-refractivity contribution in [3.8, 4) is 0 Å². The summed E-state index contributed by atoms with van der Waals surface area (Å²) in [6.07, 6.45) is 1.62. The Morgan fingerprint density at radius 3 is 2.83 bits per heavy atom. The number of aromatic nitrogens is 2. The van der Waals surface area contributed by atoms with E-state index >= 15 is 0 Å². The third-order valence-corrected chi connectivity index (χ3v) is 2.95. The van der Waals surface area contributed by atoms with Crippen molar-refractivity contribution in [2.75, 3.05) is 7.05 Å². The van der Waals surface area contributed by atoms with Gasteiger partial charge in [0.05, 0.1) is 11.7 Å². The molecule has 2 N–H and O–H groups in total. The summed E-state index contributed by atoms with van der Waals surface area (Å²) >= 11 is 0. The lowest BCUT2D eigenvalue weighted by molar-refractivity contribution is -0.141. The number of hydrogen-bond acceptors (Lipinski definition) is 3. The van der Waals surface area contributed by atoms with Crippen molar-refractivity contribution in [1.29, 1.82) is 0 Å². The van der Waals surface area contributed by atoms with Crippen LogP contribution in [0.4, 0.5) is 0 Å². The van der Waals surface area contributed by atoms with E-state index in [4.69, 9.17) is 5.11 Å². The van der Waals surface area contributed by atoms with Gasteiger partial charge in [-0.15, -0.1) is 0 Å². The van der Waals surface area contributed by atoms with Crippen LogP contribution in [0, 0.1) is 0 Å². The zero-order chi connectivity index (χ0) is 13.3. The number of fused-ring (bicyclic) bond motifs is 1. The molecule has 0 fully saturated rings. The van der Waals surface area contributed by atoms with E-state index in [-0.39, 0.29) is 5.91 Å². The Hall–Kier alpha value is -2.37. The van der Waals surface area contributed by atoms with Crippen LogP contribution in [0.25, 0.3) is 10.9 Å². The minimum atomic E-state index is -1.03. The number of benzene rings is 1. The maximum Gasteiger partial charge on any atom is 0.326 e. The molecule has 1 aromatic heterocycles. The molecule has 2 rings (SSSR count). The van der Waals surface area contributed by atoms with Gasteiger partial charge in [-0.25, -0.2) is 4.79 Å². The van der Waals surface area contributed by atoms with Crippen molar-refractivity contribution in [3.05, 3.63) is 30.0 Å². The van der Waals surface area contributed by atoms with Crippen LogP contribution in [-0.4, -0.2) is 45.2 Å². The average Bonchev–Trinajstić information content (AvgIpc) is 2.82. The molecule has 0 saturated heterocycles. The molecule has 1 unspecified atom stereocenters. The molecule has 6 heteroatoms. The minimum absolute atomic E-state index is 0.326. The molecule has 0 saturated carbocycles. The van der Waals surface area contributed by atoms with E-state index in [1.807, 2.05) is 0 Å². The molecule has 0 aliphatic rings. The largest absolute Gasteiger partial charge is 0.480 e. The van der Waals surface area contributed by atoms with Gasteiger partial charge in [-0.1, -0.05) is 0 Å². The van der Waals surface area contributed by atoms with Crippen LogP contribution in [0.5, 0.6) is 0 Å². The van der Waals surface area contributed by atoms with Gasteiger partial charge in [0.2, 0.25) is 0 Å². The zero-order valence-corrected chi connectivity index (χ0v) is 10.0. The Balaban J connectivity index is 2.30. The molecule has 0 spiro atoms. The fourth-order valence-electron chi connectivity index (χ4n) is 1.62. The van der Waals surface area contributed by atoms with Crippen LogP contribution in [0.3, 0.4) is 0 Å². The Kier molecular flexibility index (Phi) is 3.01. The molecule has 18 heavy (non-hydrogen) atoms. The number of amides is 1. The number of carbonyl (C=O) groups is 2. The smallest absolute Gasteiger partial charge is 0.326 e. The Morgan fingerprint density at radius 1 is 1.44 bits per heavy atom. The molecular weight excluding hydrogens is 234 g/mol. The summed E-state index contributed by atoms with van der Waals surface area (Å²) < 4.78 is 0. The van der Waals surface area contributed by atoms with Crippen molar-refractivity contribution in [2.24, 2.45) is 0 Å². The highest BCUT2D eigenvalue weighted by atomic mass is 16.4. The maximum absolute atomic E-state index is 12.1. The number of carboxylic acid groups (broad SMARTS) is 1. The first-order chi connectivity index (χ1) is 8.50. The van der Waals surface area contributed by atoms with Gasteiger partial charge in [-0.2, -0.15) is 5.10 Å². The van der Waals surface area contributed by atoms with Gasteiger partial charge in [-0.05, 0) is 25.1 Å². The molecule has 0 radical (unpaired) electrons. The average molecular weight is 247 g/mol. The molecule has 0 bridgehead atoms. The third kappa shape index (κ3) is 2.04. The van der Waals surface area contributed by atoms with E-state index in [1.165, 1.54) is 18.9 Å². The first kappa shape index (κ1) is 12.1. The fourth-order valence-corrected chi connectivity index (χ4v) is 1.62. The number of carboxylic acids is 1. The molecule has 1 aromatic carbocycles. The van der Waals surface area contributed by atoms with Crippen molar-refractivity contribution >= 4 is 22.8 Å². The van der Waals surface area contributed by atoms with Gasteiger partial charge < -0.3 is 10.0 Å². The standard InChI is InChI=1S/C12H13N3O3/c1-7(12(17)18)15(2)11(16)8-3-4-10-9(5-8)6-13-14-10/h3-7H,1-2H3,(H,13,14)(H,17,18). The number of aliphatic carboxylic acids is 1. The Labute approximate surface area is 103 Å². The first-order valence-corrected chi connectivity index (χ1v) is 5.44. The number of carbonyl (C=O) groups excluding carboxylic acids is 1. The summed E-state index contributed by atoms with van der Waals surface area (Å²) in [4.78, 5) is 24.1. The van der Waals surface area contributed by atoms with E-state index in [2.05, 4.69) is 10.2 Å². The number of nitrogens with one attached hydrogen (secondary N) is 1. The summed E-state index contributed by atoms with van der Waals surface area (Å²) in [6.45, 7) is 1.47. The van der Waals surface area contributed by atoms with Crippen molar-refractivity contribution in [3.63, 3.8) is 0 Å². The lowest BCUT2D eigenvalue weighted by Gasteiger charge is -2.21. The van der Waals surface area contributed by atoms with Crippen LogP contribution < -0.4 is 0 Å². The molecule has 1 amide bonds. The number of rotatable bonds is 3. The van der Waals surface area contributed by atoms with Gasteiger partial charge in [-0.3, -0.25) is 9.89 Å². The number of nitrogens with zero attached hydrogens (tertiary/aromatic N) is 2. The quantitative estimate of drug-likeness (QED) is 0.850. The molecule has 1 atom stereocenters. The predicted octanol–water partition coefficient (Wildman–Crippen LogP) is 1.11. The van der Waals surface area contributed by atoms with Gasteiger partial charge in [0.15, 0.2) is 0 Å². The molecule has 94 valence electrons. The second-order valence-corrected chi connectivity index (χ2v) is 4.10. The van der Waals surface area contributed by atoms with Gasteiger partial charge in [0.25, 0.3) is 5.91 Å². The van der Waals surface area contributed by atoms with Gasteiger partial charge in [0, 0.05) is 18.0 Å². The molecule has 0 aliphatic heterocycles. The van der Waals surface area contributed by atoms with Crippen LogP contribution >= 0.6 is 0 Å². The second kappa shape index (κ2) is 4.48. The fraction of sp³-hybridized carbons (Fsp3) is 0.250. The van der Waals surface area contributed by atoms with Gasteiger partial charge in [0.1, 0.15) is 6.04 Å². The first-order valence-electron chi connectivity index (χ1n) is 5.44. The molecular formula is C12H13N3O3. The molecule has 0 aliphatic carbocycles. The van der Waals surface area contributed by atoms with E-state index in [9.17, 15) is 9.59 Å². The van der Waals surface area contributed by atoms with Crippen molar-refractivity contribution in [2.45, 2.75) is 13.0 Å². The summed E-state index contributed by atoms with van der Waals surface area (Å²) in [5.74, 6) is -1.36. The Bertz CT molecular complexity index is 605. The molecule has 6 nitrogen and oxygen atoms in total. The summed E-state index contributed by atoms with van der Waals surface area (Å²) in [7, 11) is 1.47. The SMILES string of the molecule is CC(C(=O)O)N(C)C(=O)c1ccc2[nH]ncc2c1. The van der Waals surface area contributed by atoms with E-state index in [0.717, 1.165) is 10.9 Å².